The lowest BCUT2D eigenvalue weighted by molar-refractivity contribution is -0.139. The number of nitrogens with one attached hydrogen (secondary N) is 1. The Labute approximate surface area is 109 Å². The fraction of sp³-hybridized carbons (Fsp3) is 0.846. The van der Waals surface area contributed by atoms with Gasteiger partial charge in [0.2, 0.25) is 5.91 Å². The number of carboxylic acid groups (broad SMARTS) is 1. The van der Waals surface area contributed by atoms with E-state index in [9.17, 15) is 9.59 Å². The third kappa shape index (κ3) is 4.64. The van der Waals surface area contributed by atoms with Crippen LogP contribution in [0.15, 0.2) is 0 Å². The smallest absolute Gasteiger partial charge is 0.303 e. The first-order valence-corrected chi connectivity index (χ1v) is 6.78. The van der Waals surface area contributed by atoms with Crippen LogP contribution in [0.2, 0.25) is 0 Å². The number of carbonyl (C=O) groups excluding carboxylic acids is 1. The molecule has 0 aliphatic carbocycles. The zero-order valence-electron chi connectivity index (χ0n) is 11.3. The molecule has 1 saturated heterocycles. The van der Waals surface area contributed by atoms with E-state index in [1.807, 2.05) is 13.8 Å². The average Bonchev–Trinajstić information content (AvgIpc) is 2.34. The fourth-order valence-electron chi connectivity index (χ4n) is 2.29. The maximum absolute atomic E-state index is 12.3. The second-order valence-corrected chi connectivity index (χ2v) is 5.13. The molecule has 18 heavy (non-hydrogen) atoms. The lowest BCUT2D eigenvalue weighted by Gasteiger charge is -2.32. The summed E-state index contributed by atoms with van der Waals surface area (Å²) in [6, 6.07) is 0.0426. The molecule has 104 valence electrons. The Hall–Kier alpha value is -1.10. The number of hydrogen-bond donors (Lipinski definition) is 2. The van der Waals surface area contributed by atoms with E-state index in [0.717, 1.165) is 25.8 Å². The Balaban J connectivity index is 2.48. The van der Waals surface area contributed by atoms with Crippen LogP contribution in [-0.4, -0.2) is 47.1 Å². The molecule has 1 atom stereocenters. The minimum atomic E-state index is -0.804. The molecule has 1 aliphatic rings. The fourth-order valence-corrected chi connectivity index (χ4v) is 2.29. The van der Waals surface area contributed by atoms with Gasteiger partial charge < -0.3 is 15.3 Å². The Morgan fingerprint density at radius 3 is 2.61 bits per heavy atom. The van der Waals surface area contributed by atoms with Gasteiger partial charge in [-0.2, -0.15) is 0 Å². The van der Waals surface area contributed by atoms with Crippen LogP contribution < -0.4 is 5.32 Å². The SMILES string of the molecule is CC(C)N(CCCC(=O)O)C(=O)[C@@H]1CCCCN1. The minimum absolute atomic E-state index is 0.0778. The lowest BCUT2D eigenvalue weighted by atomic mass is 10.0. The zero-order valence-corrected chi connectivity index (χ0v) is 11.3. The largest absolute Gasteiger partial charge is 0.481 e. The van der Waals surface area contributed by atoms with Gasteiger partial charge in [-0.25, -0.2) is 0 Å². The van der Waals surface area contributed by atoms with Crippen molar-refractivity contribution >= 4 is 11.9 Å². The molecule has 1 rings (SSSR count). The van der Waals surface area contributed by atoms with Gasteiger partial charge in [0.1, 0.15) is 0 Å². The Kier molecular flexibility index (Phi) is 6.12. The molecule has 2 N–H and O–H groups in total. The van der Waals surface area contributed by atoms with Crippen molar-refractivity contribution in [3.8, 4) is 0 Å². The van der Waals surface area contributed by atoms with Gasteiger partial charge in [-0.1, -0.05) is 6.42 Å². The molecule has 0 aromatic rings. The maximum atomic E-state index is 12.3. The summed E-state index contributed by atoms with van der Waals surface area (Å²) in [6.07, 6.45) is 3.75. The molecule has 5 heteroatoms. The highest BCUT2D eigenvalue weighted by atomic mass is 16.4. The summed E-state index contributed by atoms with van der Waals surface area (Å²) in [5, 5.41) is 11.9. The van der Waals surface area contributed by atoms with Crippen LogP contribution in [-0.2, 0) is 9.59 Å². The molecule has 1 aliphatic heterocycles. The summed E-state index contributed by atoms with van der Waals surface area (Å²) in [7, 11) is 0. The monoisotopic (exact) mass is 256 g/mol. The Morgan fingerprint density at radius 1 is 1.39 bits per heavy atom. The molecule has 1 heterocycles. The number of nitrogens with zero attached hydrogens (tertiary/aromatic N) is 1. The van der Waals surface area contributed by atoms with Crippen LogP contribution in [0.5, 0.6) is 0 Å². The first-order valence-electron chi connectivity index (χ1n) is 6.78. The summed E-state index contributed by atoms with van der Waals surface area (Å²) < 4.78 is 0. The van der Waals surface area contributed by atoms with Crippen LogP contribution in [0.3, 0.4) is 0 Å². The number of hydrogen-bond acceptors (Lipinski definition) is 3. The molecule has 0 unspecified atom stereocenters. The number of aliphatic carboxylic acids is 1. The van der Waals surface area contributed by atoms with Crippen LogP contribution in [0.4, 0.5) is 0 Å². The van der Waals surface area contributed by atoms with Gasteiger partial charge in [0.25, 0.3) is 0 Å². The third-order valence-corrected chi connectivity index (χ3v) is 3.30. The van der Waals surface area contributed by atoms with Crippen molar-refractivity contribution in [3.63, 3.8) is 0 Å². The van der Waals surface area contributed by atoms with Gasteiger partial charge >= 0.3 is 5.97 Å². The molecule has 0 spiro atoms. The van der Waals surface area contributed by atoms with Crippen LogP contribution in [0, 0.1) is 0 Å². The van der Waals surface area contributed by atoms with E-state index in [0.29, 0.717) is 13.0 Å². The molecule has 0 radical (unpaired) electrons. The molecular weight excluding hydrogens is 232 g/mol. The van der Waals surface area contributed by atoms with Gasteiger partial charge in [-0.3, -0.25) is 9.59 Å². The maximum Gasteiger partial charge on any atom is 0.303 e. The first-order chi connectivity index (χ1) is 8.52. The minimum Gasteiger partial charge on any atom is -0.481 e. The van der Waals surface area contributed by atoms with E-state index in [-0.39, 0.29) is 24.4 Å². The molecule has 0 bridgehead atoms. The highest BCUT2D eigenvalue weighted by molar-refractivity contribution is 5.82. The van der Waals surface area contributed by atoms with Gasteiger partial charge in [0, 0.05) is 19.0 Å². The summed E-state index contributed by atoms with van der Waals surface area (Å²) in [6.45, 7) is 5.38. The molecule has 1 amide bonds. The number of carbonyl (C=O) groups is 2. The standard InChI is InChI=1S/C13H24N2O3/c1-10(2)15(9-5-7-12(16)17)13(18)11-6-3-4-8-14-11/h10-11,14H,3-9H2,1-2H3,(H,16,17)/t11-/m0/s1. The van der Waals surface area contributed by atoms with Crippen molar-refractivity contribution in [1.29, 1.82) is 0 Å². The quantitative estimate of drug-likeness (QED) is 0.750. The predicted octanol–water partition coefficient (Wildman–Crippen LogP) is 1.23. The summed E-state index contributed by atoms with van der Waals surface area (Å²) >= 11 is 0. The number of amides is 1. The van der Waals surface area contributed by atoms with Crippen LogP contribution >= 0.6 is 0 Å². The molecule has 1 fully saturated rings. The van der Waals surface area contributed by atoms with E-state index in [1.54, 1.807) is 4.90 Å². The van der Waals surface area contributed by atoms with Crippen molar-refractivity contribution in [2.75, 3.05) is 13.1 Å². The lowest BCUT2D eigenvalue weighted by Crippen LogP contribution is -2.51. The van der Waals surface area contributed by atoms with E-state index >= 15 is 0 Å². The number of carboxylic acids is 1. The van der Waals surface area contributed by atoms with E-state index < -0.39 is 5.97 Å². The topological polar surface area (TPSA) is 69.6 Å². The normalized spacial score (nSPS) is 19.8. The molecule has 0 aromatic heterocycles. The Morgan fingerprint density at radius 2 is 2.11 bits per heavy atom. The second kappa shape index (κ2) is 7.36. The summed E-state index contributed by atoms with van der Waals surface area (Å²) in [5.41, 5.74) is 0. The van der Waals surface area contributed by atoms with Crippen molar-refractivity contribution in [3.05, 3.63) is 0 Å². The van der Waals surface area contributed by atoms with Gasteiger partial charge in [0.05, 0.1) is 6.04 Å². The predicted molar refractivity (Wildman–Crippen MR) is 69.4 cm³/mol. The molecule has 5 nitrogen and oxygen atoms in total. The van der Waals surface area contributed by atoms with Crippen molar-refractivity contribution in [1.82, 2.24) is 10.2 Å². The van der Waals surface area contributed by atoms with Crippen LogP contribution in [0.25, 0.3) is 0 Å². The highest BCUT2D eigenvalue weighted by Gasteiger charge is 2.26. The second-order valence-electron chi connectivity index (χ2n) is 5.13. The van der Waals surface area contributed by atoms with E-state index in [1.165, 1.54) is 0 Å². The summed E-state index contributed by atoms with van der Waals surface area (Å²) in [4.78, 5) is 24.6. The third-order valence-electron chi connectivity index (χ3n) is 3.30. The molecular formula is C13H24N2O3. The zero-order chi connectivity index (χ0) is 13.5. The van der Waals surface area contributed by atoms with Gasteiger partial charge in [-0.15, -0.1) is 0 Å². The van der Waals surface area contributed by atoms with Crippen LogP contribution in [0.1, 0.15) is 46.0 Å². The highest BCUT2D eigenvalue weighted by Crippen LogP contribution is 2.12. The van der Waals surface area contributed by atoms with Gasteiger partial charge in [-0.05, 0) is 39.7 Å². The number of piperidine rings is 1. The first kappa shape index (κ1) is 15.0. The van der Waals surface area contributed by atoms with Crippen molar-refractivity contribution in [2.24, 2.45) is 0 Å². The average molecular weight is 256 g/mol. The van der Waals surface area contributed by atoms with Gasteiger partial charge in [0.15, 0.2) is 0 Å². The molecule has 0 aromatic carbocycles. The van der Waals surface area contributed by atoms with Crippen molar-refractivity contribution in [2.45, 2.75) is 58.0 Å². The summed E-state index contributed by atoms with van der Waals surface area (Å²) in [5.74, 6) is -0.683. The van der Waals surface area contributed by atoms with Crippen molar-refractivity contribution < 1.29 is 14.7 Å². The van der Waals surface area contributed by atoms with E-state index in [2.05, 4.69) is 5.32 Å². The van der Waals surface area contributed by atoms with E-state index in [4.69, 9.17) is 5.11 Å². The molecule has 0 saturated carbocycles. The Bertz CT molecular complexity index is 286. The number of rotatable bonds is 6.